The first kappa shape index (κ1) is 17.0. The third kappa shape index (κ3) is 2.50. The van der Waals surface area contributed by atoms with Gasteiger partial charge in [-0.25, -0.2) is 0 Å². The van der Waals surface area contributed by atoms with Crippen LogP contribution in [0.25, 0.3) is 5.69 Å². The summed E-state index contributed by atoms with van der Waals surface area (Å²) in [6.45, 7) is 6.59. The Kier molecular flexibility index (Phi) is 4.19. The van der Waals surface area contributed by atoms with E-state index >= 15 is 0 Å². The third-order valence-electron chi connectivity index (χ3n) is 5.91. The zero-order valence-corrected chi connectivity index (χ0v) is 15.3. The maximum Gasteiger partial charge on any atom is 0.202 e. The molecule has 0 radical (unpaired) electrons. The molecule has 0 aliphatic heterocycles. The lowest BCUT2D eigenvalue weighted by Crippen LogP contribution is -2.22. The Morgan fingerprint density at radius 2 is 1.54 bits per heavy atom. The van der Waals surface area contributed by atoms with Gasteiger partial charge in [0.25, 0.3) is 0 Å². The van der Waals surface area contributed by atoms with E-state index in [4.69, 9.17) is 0 Å². The molecule has 3 aliphatic rings. The highest BCUT2D eigenvalue weighted by molar-refractivity contribution is 5.61. The van der Waals surface area contributed by atoms with Crippen LogP contribution in [0, 0.1) is 0 Å². The first-order chi connectivity index (χ1) is 12.5. The highest BCUT2D eigenvalue weighted by Crippen LogP contribution is 2.54. The lowest BCUT2D eigenvalue weighted by atomic mass is 9.73. The predicted octanol–water partition coefficient (Wildman–Crippen LogP) is 3.97. The summed E-state index contributed by atoms with van der Waals surface area (Å²) in [7, 11) is 0. The van der Waals surface area contributed by atoms with Gasteiger partial charge in [-0.2, -0.15) is 0 Å². The maximum atomic E-state index is 10.9. The average Bonchev–Trinajstić information content (AvgIpc) is 2.95. The second-order valence-electron chi connectivity index (χ2n) is 7.26. The number of allylic oxidation sites excluding steroid dienone is 2. The van der Waals surface area contributed by atoms with Gasteiger partial charge in [0.05, 0.1) is 5.69 Å². The van der Waals surface area contributed by atoms with Crippen molar-refractivity contribution >= 4 is 0 Å². The smallest absolute Gasteiger partial charge is 0.202 e. The summed E-state index contributed by atoms with van der Waals surface area (Å²) < 4.78 is 1.52. The third-order valence-corrected chi connectivity index (χ3v) is 5.91. The van der Waals surface area contributed by atoms with Crippen molar-refractivity contribution in [1.29, 1.82) is 0 Å². The number of hydrogen-bond donors (Lipinski definition) is 3. The molecule has 5 rings (SSSR count). The van der Waals surface area contributed by atoms with Crippen LogP contribution in [-0.4, -0.2) is 37.9 Å². The van der Waals surface area contributed by atoms with Crippen molar-refractivity contribution in [3.8, 4) is 23.2 Å². The molecule has 138 valence electrons. The molecule has 1 aromatic heterocycles. The second-order valence-corrected chi connectivity index (χ2v) is 7.26. The lowest BCUT2D eigenvalue weighted by Gasteiger charge is -2.30. The van der Waals surface area contributed by atoms with Crippen LogP contribution in [0.3, 0.4) is 0 Å². The van der Waals surface area contributed by atoms with E-state index in [1.165, 1.54) is 4.57 Å². The Balaban J connectivity index is 1.79. The Morgan fingerprint density at radius 3 is 2.04 bits per heavy atom. The molecule has 0 saturated carbocycles. The normalized spacial score (nSPS) is 20.7. The molecule has 26 heavy (non-hydrogen) atoms. The molecule has 5 nitrogen and oxygen atoms in total. The first-order valence-corrected chi connectivity index (χ1v) is 9.44. The fourth-order valence-electron chi connectivity index (χ4n) is 4.38. The van der Waals surface area contributed by atoms with Crippen LogP contribution in [0.4, 0.5) is 0 Å². The maximum absolute atomic E-state index is 10.9. The molecule has 0 amide bonds. The summed E-state index contributed by atoms with van der Waals surface area (Å²) in [6.07, 6.45) is 6.30. The number of aromatic nitrogens is 1. The van der Waals surface area contributed by atoms with Gasteiger partial charge in [0.2, 0.25) is 11.8 Å². The molecule has 2 bridgehead atoms. The van der Waals surface area contributed by atoms with Crippen molar-refractivity contribution in [3.05, 3.63) is 47.0 Å². The zero-order chi connectivity index (χ0) is 18.4. The molecule has 3 N–H and O–H groups in total. The standard InChI is InChI=1S/C21H26N2O3/c1-3-22(4-2)12-15-11-16(9-10-17(15)24)23-20(25)18-13-5-6-14(8-7-13)19(18)21(23)26/h5-6,9-11,13-14,24-26H,3-4,7-8,12H2,1-2H3/t13-,14+. The summed E-state index contributed by atoms with van der Waals surface area (Å²) in [4.78, 5) is 2.21. The summed E-state index contributed by atoms with van der Waals surface area (Å²) in [5.74, 6) is 0.828. The summed E-state index contributed by atoms with van der Waals surface area (Å²) in [5, 5.41) is 32.0. The van der Waals surface area contributed by atoms with Crippen molar-refractivity contribution in [2.75, 3.05) is 13.1 Å². The first-order valence-electron chi connectivity index (χ1n) is 9.44. The van der Waals surface area contributed by atoms with Crippen LogP contribution in [0.15, 0.2) is 30.4 Å². The Bertz CT molecular complexity index is 827. The van der Waals surface area contributed by atoms with Crippen LogP contribution in [0.5, 0.6) is 17.5 Å². The van der Waals surface area contributed by atoms with Crippen LogP contribution < -0.4 is 0 Å². The zero-order valence-electron chi connectivity index (χ0n) is 15.3. The van der Waals surface area contributed by atoms with Crippen LogP contribution in [0.1, 0.15) is 55.2 Å². The molecule has 0 saturated heterocycles. The van der Waals surface area contributed by atoms with Gasteiger partial charge in [0.1, 0.15) is 5.75 Å². The van der Waals surface area contributed by atoms with E-state index in [2.05, 4.69) is 30.9 Å². The molecule has 5 heteroatoms. The van der Waals surface area contributed by atoms with E-state index in [1.54, 1.807) is 12.1 Å². The number of phenols is 1. The van der Waals surface area contributed by atoms with Gasteiger partial charge in [-0.15, -0.1) is 0 Å². The summed E-state index contributed by atoms with van der Waals surface area (Å²) in [5.41, 5.74) is 3.19. The van der Waals surface area contributed by atoms with Gasteiger partial charge in [-0.3, -0.25) is 9.47 Å². The minimum absolute atomic E-state index is 0.121. The molecule has 2 aromatic rings. The fraction of sp³-hybridized carbons (Fsp3) is 0.429. The van der Waals surface area contributed by atoms with Crippen molar-refractivity contribution in [2.24, 2.45) is 0 Å². The van der Waals surface area contributed by atoms with E-state index in [1.807, 2.05) is 6.07 Å². The van der Waals surface area contributed by atoms with Crippen molar-refractivity contribution in [2.45, 2.75) is 45.1 Å². The molecule has 1 aromatic carbocycles. The van der Waals surface area contributed by atoms with Gasteiger partial charge in [0.15, 0.2) is 0 Å². The van der Waals surface area contributed by atoms with E-state index in [0.717, 1.165) is 42.6 Å². The number of nitrogens with zero attached hydrogens (tertiary/aromatic N) is 2. The minimum atomic E-state index is 0.121. The number of phenolic OH excluding ortho intramolecular Hbond substituents is 1. The molecule has 0 fully saturated rings. The molecule has 1 heterocycles. The number of benzene rings is 1. The van der Waals surface area contributed by atoms with Crippen molar-refractivity contribution < 1.29 is 15.3 Å². The highest BCUT2D eigenvalue weighted by atomic mass is 16.3. The van der Waals surface area contributed by atoms with Crippen LogP contribution in [-0.2, 0) is 6.54 Å². The lowest BCUT2D eigenvalue weighted by molar-refractivity contribution is 0.290. The number of fused-ring (bicyclic) bond motifs is 1. The average molecular weight is 354 g/mol. The van der Waals surface area contributed by atoms with Crippen LogP contribution >= 0.6 is 0 Å². The Morgan fingerprint density at radius 1 is 0.962 bits per heavy atom. The quantitative estimate of drug-likeness (QED) is 0.711. The minimum Gasteiger partial charge on any atom is -0.508 e. The molecule has 0 unspecified atom stereocenters. The fourth-order valence-corrected chi connectivity index (χ4v) is 4.38. The second kappa shape index (κ2) is 6.40. The Labute approximate surface area is 153 Å². The van der Waals surface area contributed by atoms with E-state index in [9.17, 15) is 15.3 Å². The molecule has 3 aliphatic carbocycles. The largest absolute Gasteiger partial charge is 0.508 e. The molecule has 0 spiro atoms. The predicted molar refractivity (Wildman–Crippen MR) is 101 cm³/mol. The van der Waals surface area contributed by atoms with Gasteiger partial charge in [-0.1, -0.05) is 26.0 Å². The van der Waals surface area contributed by atoms with Gasteiger partial charge in [0, 0.05) is 35.1 Å². The van der Waals surface area contributed by atoms with Crippen LogP contribution in [0.2, 0.25) is 0 Å². The number of rotatable bonds is 5. The SMILES string of the molecule is CCN(CC)Cc1cc(-n2c(O)c3c(c2O)[C@H]2C=C[C@@H]3CC2)ccc1O. The number of aromatic hydroxyl groups is 3. The highest BCUT2D eigenvalue weighted by Gasteiger charge is 2.38. The monoisotopic (exact) mass is 354 g/mol. The molecular weight excluding hydrogens is 328 g/mol. The van der Waals surface area contributed by atoms with Gasteiger partial charge >= 0.3 is 0 Å². The molecule has 2 atom stereocenters. The molecular formula is C21H26N2O3. The number of hydrogen-bond acceptors (Lipinski definition) is 4. The van der Waals surface area contributed by atoms with E-state index in [0.29, 0.717) is 12.2 Å². The van der Waals surface area contributed by atoms with E-state index < -0.39 is 0 Å². The van der Waals surface area contributed by atoms with Gasteiger partial charge < -0.3 is 15.3 Å². The summed E-state index contributed by atoms with van der Waals surface area (Å²) in [6, 6.07) is 5.23. The van der Waals surface area contributed by atoms with Gasteiger partial charge in [-0.05, 0) is 44.1 Å². The van der Waals surface area contributed by atoms with E-state index in [-0.39, 0.29) is 29.3 Å². The summed E-state index contributed by atoms with van der Waals surface area (Å²) >= 11 is 0. The topological polar surface area (TPSA) is 68.9 Å². The van der Waals surface area contributed by atoms with Crippen molar-refractivity contribution in [1.82, 2.24) is 9.47 Å². The van der Waals surface area contributed by atoms with Crippen molar-refractivity contribution in [3.63, 3.8) is 0 Å². The Hall–Kier alpha value is -2.40.